The van der Waals surface area contributed by atoms with E-state index in [2.05, 4.69) is 4.90 Å². The van der Waals surface area contributed by atoms with Gasteiger partial charge in [-0.25, -0.2) is 0 Å². The van der Waals surface area contributed by atoms with Gasteiger partial charge < -0.3 is 14.7 Å². The van der Waals surface area contributed by atoms with Crippen molar-refractivity contribution >= 4 is 5.91 Å². The summed E-state index contributed by atoms with van der Waals surface area (Å²) in [4.78, 5) is 15.6. The van der Waals surface area contributed by atoms with Crippen LogP contribution >= 0.6 is 0 Å². The number of aliphatic hydroxyl groups is 1. The Morgan fingerprint density at radius 3 is 2.08 bits per heavy atom. The quantitative estimate of drug-likeness (QED) is 0.793. The molecule has 6 aliphatic rings. The predicted octanol–water partition coefficient (Wildman–Crippen LogP) is 3.13. The highest BCUT2D eigenvalue weighted by atomic mass is 16.5. The van der Waals surface area contributed by atoms with E-state index in [1.54, 1.807) is 0 Å². The molecule has 1 spiro atoms. The van der Waals surface area contributed by atoms with Crippen molar-refractivity contribution in [2.24, 2.45) is 23.2 Å². The summed E-state index contributed by atoms with van der Waals surface area (Å²) in [7, 11) is 0. The van der Waals surface area contributed by atoms with Crippen molar-refractivity contribution < 1.29 is 14.6 Å². The molecule has 2 heterocycles. The molecule has 0 aromatic rings. The highest BCUT2D eigenvalue weighted by Gasteiger charge is 2.56. The van der Waals surface area contributed by atoms with Crippen LogP contribution in [-0.2, 0) is 9.53 Å². The van der Waals surface area contributed by atoms with Gasteiger partial charge in [-0.3, -0.25) is 4.79 Å². The van der Waals surface area contributed by atoms with E-state index in [-0.39, 0.29) is 11.0 Å². The fourth-order valence-electron chi connectivity index (χ4n) is 7.47. The Balaban J connectivity index is 1.27. The second-order valence-corrected chi connectivity index (χ2v) is 10.4. The van der Waals surface area contributed by atoms with Gasteiger partial charge in [0.1, 0.15) is 0 Å². The van der Waals surface area contributed by atoms with E-state index in [0.29, 0.717) is 12.5 Å². The van der Waals surface area contributed by atoms with Crippen LogP contribution in [0.4, 0.5) is 0 Å². The highest BCUT2D eigenvalue weighted by Crippen LogP contribution is 2.60. The van der Waals surface area contributed by atoms with Crippen molar-refractivity contribution in [1.82, 2.24) is 4.90 Å². The normalized spacial score (nSPS) is 48.1. The number of rotatable bonds is 1. The first-order valence-corrected chi connectivity index (χ1v) is 10.5. The summed E-state index contributed by atoms with van der Waals surface area (Å²) in [6.07, 6.45) is 10.9. The number of amides is 1. The summed E-state index contributed by atoms with van der Waals surface area (Å²) in [6, 6.07) is 0. The van der Waals surface area contributed by atoms with Gasteiger partial charge in [0, 0.05) is 19.5 Å². The molecule has 1 amide bonds. The van der Waals surface area contributed by atoms with Crippen LogP contribution in [0.25, 0.3) is 0 Å². The van der Waals surface area contributed by atoms with Crippen LogP contribution in [0.5, 0.6) is 0 Å². The van der Waals surface area contributed by atoms with Crippen molar-refractivity contribution in [3.8, 4) is 0 Å². The van der Waals surface area contributed by atoms with Crippen molar-refractivity contribution in [2.45, 2.75) is 82.3 Å². The molecule has 4 heteroatoms. The van der Waals surface area contributed by atoms with E-state index in [4.69, 9.17) is 4.74 Å². The van der Waals surface area contributed by atoms with Gasteiger partial charge in [0.25, 0.3) is 0 Å². The highest BCUT2D eigenvalue weighted by molar-refractivity contribution is 5.83. The summed E-state index contributed by atoms with van der Waals surface area (Å²) in [5.74, 6) is 2.93. The lowest BCUT2D eigenvalue weighted by molar-refractivity contribution is -0.182. The number of ether oxygens (including phenoxy) is 1. The third-order valence-electron chi connectivity index (χ3n) is 8.21. The lowest BCUT2D eigenvalue weighted by atomic mass is 9.49. The fourth-order valence-corrected chi connectivity index (χ4v) is 7.47. The molecular formula is C21H33NO3. The van der Waals surface area contributed by atoms with Gasteiger partial charge in [-0.05, 0) is 82.5 Å². The van der Waals surface area contributed by atoms with Crippen molar-refractivity contribution in [3.05, 3.63) is 0 Å². The summed E-state index contributed by atoms with van der Waals surface area (Å²) in [5.41, 5.74) is -0.817. The molecule has 2 aliphatic heterocycles. The lowest BCUT2D eigenvalue weighted by Crippen LogP contribution is -2.59. The SMILES string of the molecule is CC1(O)CCOC2(CCN(C(=O)C34CC5CC(CC(C5)C3)C4)CC2)C1. The van der Waals surface area contributed by atoms with Gasteiger partial charge in [0.15, 0.2) is 0 Å². The monoisotopic (exact) mass is 347 g/mol. The first-order chi connectivity index (χ1) is 11.9. The van der Waals surface area contributed by atoms with E-state index < -0.39 is 5.60 Å². The molecule has 1 atom stereocenters. The summed E-state index contributed by atoms with van der Waals surface area (Å²) >= 11 is 0. The lowest BCUT2D eigenvalue weighted by Gasteiger charge is -2.57. The average Bonchev–Trinajstić information content (AvgIpc) is 2.52. The van der Waals surface area contributed by atoms with E-state index in [1.165, 1.54) is 19.3 Å². The molecule has 25 heavy (non-hydrogen) atoms. The van der Waals surface area contributed by atoms with E-state index in [1.807, 2.05) is 6.92 Å². The van der Waals surface area contributed by atoms with Gasteiger partial charge in [0.05, 0.1) is 23.2 Å². The minimum atomic E-state index is -0.607. The van der Waals surface area contributed by atoms with Crippen LogP contribution in [0.3, 0.4) is 0 Å². The molecule has 1 N–H and O–H groups in total. The number of nitrogens with zero attached hydrogens (tertiary/aromatic N) is 1. The number of likely N-dealkylation sites (tertiary alicyclic amines) is 1. The van der Waals surface area contributed by atoms with Gasteiger partial charge in [0.2, 0.25) is 5.91 Å². The number of piperidine rings is 1. The molecular weight excluding hydrogens is 314 g/mol. The minimum absolute atomic E-state index is 0.0157. The molecule has 6 rings (SSSR count). The Morgan fingerprint density at radius 1 is 1.00 bits per heavy atom. The Kier molecular flexibility index (Phi) is 3.61. The summed E-state index contributed by atoms with van der Waals surface area (Å²) in [5, 5.41) is 10.5. The van der Waals surface area contributed by atoms with Crippen molar-refractivity contribution in [1.29, 1.82) is 0 Å². The Labute approximate surface area is 151 Å². The maximum Gasteiger partial charge on any atom is 0.228 e. The molecule has 0 aromatic carbocycles. The Hall–Kier alpha value is -0.610. The zero-order valence-electron chi connectivity index (χ0n) is 15.6. The summed E-state index contributed by atoms with van der Waals surface area (Å²) < 4.78 is 6.12. The molecule has 140 valence electrons. The largest absolute Gasteiger partial charge is 0.390 e. The Morgan fingerprint density at radius 2 is 1.56 bits per heavy atom. The van der Waals surface area contributed by atoms with Gasteiger partial charge in [-0.15, -0.1) is 0 Å². The summed E-state index contributed by atoms with van der Waals surface area (Å²) in [6.45, 7) is 4.22. The molecule has 0 aromatic heterocycles. The van der Waals surface area contributed by atoms with Crippen LogP contribution in [0.15, 0.2) is 0 Å². The molecule has 4 bridgehead atoms. The van der Waals surface area contributed by atoms with Gasteiger partial charge >= 0.3 is 0 Å². The van der Waals surface area contributed by atoms with Crippen molar-refractivity contribution in [3.63, 3.8) is 0 Å². The number of carbonyl (C=O) groups is 1. The van der Waals surface area contributed by atoms with Crippen LogP contribution in [0.2, 0.25) is 0 Å². The first-order valence-electron chi connectivity index (χ1n) is 10.5. The standard InChI is InChI=1S/C21H33NO3/c1-19(24)4-7-25-21(14-19)2-5-22(6-3-21)18(23)20-11-15-8-16(12-20)10-17(9-15)13-20/h15-17,24H,2-14H2,1H3. The molecule has 6 fully saturated rings. The van der Waals surface area contributed by atoms with E-state index >= 15 is 0 Å². The molecule has 4 aliphatic carbocycles. The van der Waals surface area contributed by atoms with Crippen LogP contribution < -0.4 is 0 Å². The topological polar surface area (TPSA) is 49.8 Å². The third-order valence-corrected chi connectivity index (χ3v) is 8.21. The second-order valence-electron chi connectivity index (χ2n) is 10.4. The average molecular weight is 347 g/mol. The van der Waals surface area contributed by atoms with Crippen LogP contribution in [0.1, 0.15) is 71.1 Å². The van der Waals surface area contributed by atoms with Gasteiger partial charge in [-0.2, -0.15) is 0 Å². The number of hydrogen-bond donors (Lipinski definition) is 1. The molecule has 1 unspecified atom stereocenters. The third kappa shape index (κ3) is 2.75. The number of hydrogen-bond acceptors (Lipinski definition) is 3. The second kappa shape index (κ2) is 5.45. The van der Waals surface area contributed by atoms with E-state index in [0.717, 1.165) is 75.8 Å². The minimum Gasteiger partial charge on any atom is -0.390 e. The molecule has 4 saturated carbocycles. The van der Waals surface area contributed by atoms with E-state index in [9.17, 15) is 9.90 Å². The van der Waals surface area contributed by atoms with Crippen LogP contribution in [0, 0.1) is 23.2 Å². The fraction of sp³-hybridized carbons (Fsp3) is 0.952. The molecule has 2 saturated heterocycles. The number of carbonyl (C=O) groups excluding carboxylic acids is 1. The predicted molar refractivity (Wildman–Crippen MR) is 95.0 cm³/mol. The smallest absolute Gasteiger partial charge is 0.228 e. The van der Waals surface area contributed by atoms with Crippen molar-refractivity contribution in [2.75, 3.05) is 19.7 Å². The Bertz CT molecular complexity index is 526. The van der Waals surface area contributed by atoms with Gasteiger partial charge in [-0.1, -0.05) is 0 Å². The zero-order valence-corrected chi connectivity index (χ0v) is 15.6. The maximum atomic E-state index is 13.5. The maximum absolute atomic E-state index is 13.5. The molecule has 0 radical (unpaired) electrons. The van der Waals surface area contributed by atoms with Crippen LogP contribution in [-0.4, -0.2) is 46.8 Å². The first kappa shape index (κ1) is 16.6. The zero-order chi connectivity index (χ0) is 17.3. The molecule has 4 nitrogen and oxygen atoms in total.